The van der Waals surface area contributed by atoms with Crippen molar-refractivity contribution in [2.45, 2.75) is 31.6 Å². The van der Waals surface area contributed by atoms with Crippen molar-refractivity contribution in [3.63, 3.8) is 0 Å². The third-order valence-corrected chi connectivity index (χ3v) is 7.26. The molecule has 8 nitrogen and oxygen atoms in total. The summed E-state index contributed by atoms with van der Waals surface area (Å²) in [5.41, 5.74) is 1.89. The van der Waals surface area contributed by atoms with Gasteiger partial charge < -0.3 is 15.1 Å². The topological polar surface area (TPSA) is 76.2 Å². The summed E-state index contributed by atoms with van der Waals surface area (Å²) in [6.07, 6.45) is 2.42. The van der Waals surface area contributed by atoms with Gasteiger partial charge in [0.25, 0.3) is 0 Å². The predicted molar refractivity (Wildman–Crippen MR) is 137 cm³/mol. The number of carbonyl (C=O) groups is 3. The summed E-state index contributed by atoms with van der Waals surface area (Å²) < 4.78 is 13.3. The van der Waals surface area contributed by atoms with Crippen molar-refractivity contribution in [3.05, 3.63) is 71.5 Å². The van der Waals surface area contributed by atoms with Crippen LogP contribution >= 0.6 is 11.8 Å². The van der Waals surface area contributed by atoms with Gasteiger partial charge in [-0.15, -0.1) is 0 Å². The van der Waals surface area contributed by atoms with Crippen molar-refractivity contribution in [1.82, 2.24) is 25.1 Å². The second-order valence-electron chi connectivity index (χ2n) is 9.04. The molecule has 2 aliphatic heterocycles. The molecular weight excluding hydrogens is 481 g/mol. The fourth-order valence-electron chi connectivity index (χ4n) is 4.78. The van der Waals surface area contributed by atoms with Gasteiger partial charge in [0, 0.05) is 20.1 Å². The number of benzene rings is 2. The zero-order valence-corrected chi connectivity index (χ0v) is 21.4. The van der Waals surface area contributed by atoms with E-state index in [0.29, 0.717) is 25.9 Å². The maximum atomic E-state index is 13.5. The van der Waals surface area contributed by atoms with Crippen molar-refractivity contribution in [3.8, 4) is 0 Å². The molecule has 0 bridgehead atoms. The second kappa shape index (κ2) is 11.7. The van der Waals surface area contributed by atoms with E-state index in [2.05, 4.69) is 5.32 Å². The molecule has 4 amide bonds. The number of rotatable bonds is 8. The van der Waals surface area contributed by atoms with Gasteiger partial charge in [0.1, 0.15) is 18.0 Å². The standard InChI is InChI=1S/C26H32FN5O3S/c1-29-18-24(33)31-22(13-15-36-2)25(34)30(14-12-19-8-10-21(27)11-9-19)17-23(31)32(29)26(35)28-16-20-6-4-3-5-7-20/h3-11,22-23H,12-18H2,1-2H3,(H,28,35)/t22-,23?/m0/s1. The van der Waals surface area contributed by atoms with E-state index in [1.165, 1.54) is 12.1 Å². The number of amides is 4. The number of thioether (sulfide) groups is 1. The summed E-state index contributed by atoms with van der Waals surface area (Å²) in [5, 5.41) is 6.15. The minimum absolute atomic E-state index is 0.0217. The predicted octanol–water partition coefficient (Wildman–Crippen LogP) is 2.56. The first-order valence-corrected chi connectivity index (χ1v) is 13.4. The Bertz CT molecular complexity index is 1070. The molecule has 36 heavy (non-hydrogen) atoms. The quantitative estimate of drug-likeness (QED) is 0.587. The van der Waals surface area contributed by atoms with Crippen LogP contribution < -0.4 is 5.32 Å². The van der Waals surface area contributed by atoms with E-state index in [-0.39, 0.29) is 36.8 Å². The van der Waals surface area contributed by atoms with E-state index in [0.717, 1.165) is 16.9 Å². The van der Waals surface area contributed by atoms with Crippen molar-refractivity contribution < 1.29 is 18.8 Å². The van der Waals surface area contributed by atoms with Crippen molar-refractivity contribution in [2.24, 2.45) is 0 Å². The molecule has 0 aliphatic carbocycles. The number of nitrogens with one attached hydrogen (secondary N) is 1. The largest absolute Gasteiger partial charge is 0.337 e. The van der Waals surface area contributed by atoms with E-state index < -0.39 is 12.2 Å². The number of hydrogen-bond donors (Lipinski definition) is 1. The highest BCUT2D eigenvalue weighted by Crippen LogP contribution is 2.28. The van der Waals surface area contributed by atoms with Gasteiger partial charge in [0.2, 0.25) is 11.8 Å². The Morgan fingerprint density at radius 1 is 1.08 bits per heavy atom. The summed E-state index contributed by atoms with van der Waals surface area (Å²) in [4.78, 5) is 43.3. The molecule has 10 heteroatoms. The summed E-state index contributed by atoms with van der Waals surface area (Å²) in [7, 11) is 1.72. The van der Waals surface area contributed by atoms with E-state index in [9.17, 15) is 18.8 Å². The van der Waals surface area contributed by atoms with Crippen LogP contribution in [0, 0.1) is 5.82 Å². The molecule has 4 rings (SSSR count). The first-order valence-electron chi connectivity index (χ1n) is 12.0. The van der Waals surface area contributed by atoms with Gasteiger partial charge in [-0.25, -0.2) is 19.2 Å². The number of halogens is 1. The molecule has 0 spiro atoms. The zero-order chi connectivity index (χ0) is 25.7. The Labute approximate surface area is 215 Å². The summed E-state index contributed by atoms with van der Waals surface area (Å²) in [5.74, 6) is 0.146. The first kappa shape index (κ1) is 26.0. The van der Waals surface area contributed by atoms with Crippen molar-refractivity contribution >= 4 is 29.6 Å². The molecule has 2 aromatic carbocycles. The molecule has 2 aromatic rings. The van der Waals surface area contributed by atoms with Gasteiger partial charge in [-0.3, -0.25) is 9.59 Å². The lowest BCUT2D eigenvalue weighted by Gasteiger charge is -2.54. The molecule has 1 N–H and O–H groups in total. The molecule has 1 unspecified atom stereocenters. The highest BCUT2D eigenvalue weighted by Gasteiger charge is 2.50. The van der Waals surface area contributed by atoms with Crippen LogP contribution in [0.4, 0.5) is 9.18 Å². The Morgan fingerprint density at radius 3 is 2.50 bits per heavy atom. The van der Waals surface area contributed by atoms with Crippen LogP contribution in [0.2, 0.25) is 0 Å². The lowest BCUT2D eigenvalue weighted by Crippen LogP contribution is -2.76. The molecule has 2 aliphatic rings. The Kier molecular flexibility index (Phi) is 8.48. The maximum absolute atomic E-state index is 13.5. The second-order valence-corrected chi connectivity index (χ2v) is 10.0. The van der Waals surface area contributed by atoms with Crippen LogP contribution in [0.5, 0.6) is 0 Å². The Morgan fingerprint density at radius 2 is 1.81 bits per heavy atom. The smallest absolute Gasteiger partial charge is 0.334 e. The van der Waals surface area contributed by atoms with Crippen LogP contribution in [-0.2, 0) is 22.6 Å². The Hall–Kier alpha value is -3.11. The third-order valence-electron chi connectivity index (χ3n) is 6.61. The number of carbonyl (C=O) groups excluding carboxylic acids is 3. The van der Waals surface area contributed by atoms with Gasteiger partial charge in [-0.05, 0) is 48.1 Å². The zero-order valence-electron chi connectivity index (χ0n) is 20.6. The molecule has 2 atom stereocenters. The molecule has 0 aromatic heterocycles. The van der Waals surface area contributed by atoms with Crippen LogP contribution in [0.25, 0.3) is 0 Å². The fraction of sp³-hybridized carbons (Fsp3) is 0.423. The lowest BCUT2D eigenvalue weighted by molar-refractivity contribution is -0.187. The SMILES string of the molecule is CSCC[C@H]1C(=O)N(CCc2ccc(F)cc2)CC2N1C(=O)CN(C)N2C(=O)NCc1ccccc1. The van der Waals surface area contributed by atoms with Crippen LogP contribution in [0.1, 0.15) is 17.5 Å². The van der Waals surface area contributed by atoms with Crippen LogP contribution in [0.15, 0.2) is 54.6 Å². The number of hydrazine groups is 1. The van der Waals surface area contributed by atoms with E-state index in [1.54, 1.807) is 50.8 Å². The van der Waals surface area contributed by atoms with Crippen molar-refractivity contribution in [2.75, 3.05) is 38.7 Å². The highest BCUT2D eigenvalue weighted by molar-refractivity contribution is 7.98. The normalized spacial score (nSPS) is 20.5. The Balaban J connectivity index is 1.55. The van der Waals surface area contributed by atoms with Gasteiger partial charge in [0.05, 0.1) is 13.1 Å². The molecule has 2 heterocycles. The van der Waals surface area contributed by atoms with Gasteiger partial charge in [0.15, 0.2) is 0 Å². The average Bonchev–Trinajstić information content (AvgIpc) is 2.87. The van der Waals surface area contributed by atoms with Crippen LogP contribution in [0.3, 0.4) is 0 Å². The lowest BCUT2D eigenvalue weighted by atomic mass is 10.0. The third kappa shape index (κ3) is 5.82. The van der Waals surface area contributed by atoms with Crippen molar-refractivity contribution in [1.29, 1.82) is 0 Å². The number of nitrogens with zero attached hydrogens (tertiary/aromatic N) is 4. The molecule has 0 radical (unpaired) electrons. The summed E-state index contributed by atoms with van der Waals surface area (Å²) in [6.45, 7) is 1.01. The monoisotopic (exact) mass is 513 g/mol. The van der Waals surface area contributed by atoms with E-state index in [1.807, 2.05) is 36.6 Å². The number of piperazine rings is 1. The summed E-state index contributed by atoms with van der Waals surface area (Å²) >= 11 is 1.62. The fourth-order valence-corrected chi connectivity index (χ4v) is 5.24. The first-order chi connectivity index (χ1) is 17.4. The maximum Gasteiger partial charge on any atom is 0.334 e. The molecular formula is C26H32FN5O3S. The van der Waals surface area contributed by atoms with Gasteiger partial charge >= 0.3 is 6.03 Å². The molecule has 192 valence electrons. The minimum atomic E-state index is -0.630. The number of likely N-dealkylation sites (N-methyl/N-ethyl adjacent to an activating group) is 1. The van der Waals surface area contributed by atoms with E-state index >= 15 is 0 Å². The average molecular weight is 514 g/mol. The molecule has 2 saturated heterocycles. The minimum Gasteiger partial charge on any atom is -0.337 e. The summed E-state index contributed by atoms with van der Waals surface area (Å²) in [6, 6.07) is 14.9. The molecule has 0 saturated carbocycles. The highest BCUT2D eigenvalue weighted by atomic mass is 32.2. The van der Waals surface area contributed by atoms with Gasteiger partial charge in [-0.2, -0.15) is 11.8 Å². The number of fused-ring (bicyclic) bond motifs is 1. The number of urea groups is 1. The van der Waals surface area contributed by atoms with E-state index in [4.69, 9.17) is 0 Å². The van der Waals surface area contributed by atoms with Gasteiger partial charge in [-0.1, -0.05) is 42.5 Å². The number of hydrogen-bond acceptors (Lipinski definition) is 5. The van der Waals surface area contributed by atoms with Crippen LogP contribution in [-0.4, -0.2) is 88.6 Å². The molecule has 2 fully saturated rings.